The lowest BCUT2D eigenvalue weighted by Crippen LogP contribution is -2.31. The molecule has 100 valence electrons. The first kappa shape index (κ1) is 14.0. The summed E-state index contributed by atoms with van der Waals surface area (Å²) in [6.45, 7) is 4.69. The van der Waals surface area contributed by atoms with Crippen LogP contribution >= 0.6 is 24.0 Å². The summed E-state index contributed by atoms with van der Waals surface area (Å²) in [6.07, 6.45) is 0. The van der Waals surface area contributed by atoms with Crippen LogP contribution in [0.2, 0.25) is 0 Å². The Hall–Kier alpha value is -1.40. The van der Waals surface area contributed by atoms with Gasteiger partial charge < -0.3 is 5.32 Å². The van der Waals surface area contributed by atoms with Crippen molar-refractivity contribution in [2.24, 2.45) is 4.99 Å². The number of amidine groups is 1. The van der Waals surface area contributed by atoms with Crippen LogP contribution in [0.25, 0.3) is 0 Å². The van der Waals surface area contributed by atoms with E-state index >= 15 is 0 Å². The lowest BCUT2D eigenvalue weighted by atomic mass is 10.2. The predicted octanol–water partition coefficient (Wildman–Crippen LogP) is 2.33. The summed E-state index contributed by atoms with van der Waals surface area (Å²) in [4.78, 5) is 17.9. The number of anilines is 1. The monoisotopic (exact) mass is 293 g/mol. The lowest BCUT2D eigenvalue weighted by Gasteiger charge is -2.16. The molecule has 1 N–H and O–H groups in total. The number of nitrogens with one attached hydrogen (secondary N) is 1. The van der Waals surface area contributed by atoms with E-state index in [1.165, 1.54) is 11.8 Å². The van der Waals surface area contributed by atoms with Crippen molar-refractivity contribution >= 4 is 45.9 Å². The number of thioether (sulfide) groups is 1. The fourth-order valence-corrected chi connectivity index (χ4v) is 2.83. The summed E-state index contributed by atoms with van der Waals surface area (Å²) in [7, 11) is 0. The number of hydrogen-bond acceptors (Lipinski definition) is 3. The van der Waals surface area contributed by atoms with E-state index in [4.69, 9.17) is 12.2 Å². The average Bonchev–Trinajstić information content (AvgIpc) is 2.72. The molecule has 1 aliphatic heterocycles. The van der Waals surface area contributed by atoms with Crippen molar-refractivity contribution in [1.29, 1.82) is 0 Å². The van der Waals surface area contributed by atoms with Gasteiger partial charge in [0.1, 0.15) is 0 Å². The Bertz CT molecular complexity index is 525. The molecule has 1 heterocycles. The van der Waals surface area contributed by atoms with Crippen molar-refractivity contribution in [2.75, 3.05) is 17.2 Å². The third-order valence-corrected chi connectivity index (χ3v) is 3.74. The van der Waals surface area contributed by atoms with Crippen LogP contribution in [0.5, 0.6) is 0 Å². The molecule has 19 heavy (non-hydrogen) atoms. The molecule has 0 radical (unpaired) electrons. The molecule has 0 aromatic heterocycles. The number of aryl methyl sites for hydroxylation is 1. The number of hydrogen-bond donors (Lipinski definition) is 1. The van der Waals surface area contributed by atoms with Crippen molar-refractivity contribution in [3.63, 3.8) is 0 Å². The molecule has 4 nitrogen and oxygen atoms in total. The molecule has 2 rings (SSSR count). The van der Waals surface area contributed by atoms with E-state index < -0.39 is 0 Å². The van der Waals surface area contributed by atoms with Gasteiger partial charge in [0.25, 0.3) is 0 Å². The first-order chi connectivity index (χ1) is 9.11. The molecular formula is C13H15N3OS2. The van der Waals surface area contributed by atoms with Crippen molar-refractivity contribution in [3.8, 4) is 0 Å². The Morgan fingerprint density at radius 1 is 1.47 bits per heavy atom. The van der Waals surface area contributed by atoms with Crippen LogP contribution in [0.3, 0.4) is 0 Å². The number of rotatable bonds is 2. The Labute approximate surface area is 122 Å². The largest absolute Gasteiger partial charge is 0.361 e. The highest BCUT2D eigenvalue weighted by molar-refractivity contribution is 8.15. The number of aliphatic imine (C=N–C) groups is 1. The molecule has 6 heteroatoms. The second-order valence-electron chi connectivity index (χ2n) is 4.08. The van der Waals surface area contributed by atoms with Crippen LogP contribution in [0, 0.1) is 6.92 Å². The SMILES string of the molecule is CCNC(=S)/N=C1\SCC(=O)N1c1ccc(C)cc1. The number of carbonyl (C=O) groups excluding carboxylic acids is 1. The van der Waals surface area contributed by atoms with Crippen LogP contribution in [0.4, 0.5) is 5.69 Å². The molecule has 1 amide bonds. The van der Waals surface area contributed by atoms with Crippen LogP contribution in [-0.2, 0) is 4.79 Å². The first-order valence-electron chi connectivity index (χ1n) is 6.00. The molecular weight excluding hydrogens is 278 g/mol. The summed E-state index contributed by atoms with van der Waals surface area (Å²) < 4.78 is 0. The maximum Gasteiger partial charge on any atom is 0.243 e. The van der Waals surface area contributed by atoms with Gasteiger partial charge in [-0.1, -0.05) is 29.5 Å². The molecule has 1 aromatic carbocycles. The Kier molecular flexibility index (Phi) is 4.55. The number of nitrogens with zero attached hydrogens (tertiary/aromatic N) is 2. The molecule has 1 fully saturated rings. The molecule has 0 aliphatic carbocycles. The van der Waals surface area contributed by atoms with Crippen LogP contribution in [-0.4, -0.2) is 28.5 Å². The Morgan fingerprint density at radius 3 is 2.79 bits per heavy atom. The fourth-order valence-electron chi connectivity index (χ4n) is 1.67. The van der Waals surface area contributed by atoms with Crippen molar-refractivity contribution in [3.05, 3.63) is 29.8 Å². The molecule has 0 bridgehead atoms. The van der Waals surface area contributed by atoms with Gasteiger partial charge in [0.15, 0.2) is 10.3 Å². The van der Waals surface area contributed by atoms with Crippen LogP contribution in [0.15, 0.2) is 29.3 Å². The van der Waals surface area contributed by atoms with Crippen LogP contribution in [0.1, 0.15) is 12.5 Å². The Balaban J connectivity index is 2.27. The fraction of sp³-hybridized carbons (Fsp3) is 0.308. The minimum absolute atomic E-state index is 0.0342. The van der Waals surface area contributed by atoms with E-state index in [2.05, 4.69) is 10.3 Å². The maximum absolute atomic E-state index is 12.0. The highest BCUT2D eigenvalue weighted by Gasteiger charge is 2.29. The third-order valence-electron chi connectivity index (χ3n) is 2.58. The van der Waals surface area contributed by atoms with E-state index in [9.17, 15) is 4.79 Å². The molecule has 1 aliphatic rings. The normalized spacial score (nSPS) is 17.1. The topological polar surface area (TPSA) is 44.7 Å². The van der Waals surface area contributed by atoms with Gasteiger partial charge in [0, 0.05) is 6.54 Å². The van der Waals surface area contributed by atoms with Crippen molar-refractivity contribution < 1.29 is 4.79 Å². The number of carbonyl (C=O) groups is 1. The van der Waals surface area contributed by atoms with Gasteiger partial charge in [-0.3, -0.25) is 9.69 Å². The molecule has 0 saturated carbocycles. The summed E-state index contributed by atoms with van der Waals surface area (Å²) in [6, 6.07) is 7.80. The maximum atomic E-state index is 12.0. The minimum Gasteiger partial charge on any atom is -0.361 e. The van der Waals surface area contributed by atoms with Gasteiger partial charge in [-0.25, -0.2) is 0 Å². The summed E-state index contributed by atoms with van der Waals surface area (Å²) in [5.41, 5.74) is 1.99. The highest BCUT2D eigenvalue weighted by atomic mass is 32.2. The van der Waals surface area contributed by atoms with Gasteiger partial charge in [0.2, 0.25) is 5.91 Å². The molecule has 0 atom stereocenters. The summed E-state index contributed by atoms with van der Waals surface area (Å²) in [5, 5.41) is 4.01. The zero-order valence-corrected chi connectivity index (χ0v) is 12.5. The zero-order chi connectivity index (χ0) is 13.8. The molecule has 0 spiro atoms. The quantitative estimate of drug-likeness (QED) is 0.850. The second kappa shape index (κ2) is 6.16. The van der Waals surface area contributed by atoms with Gasteiger partial charge in [-0.2, -0.15) is 4.99 Å². The predicted molar refractivity (Wildman–Crippen MR) is 84.8 cm³/mol. The molecule has 0 unspecified atom stereocenters. The van der Waals surface area contributed by atoms with E-state index in [0.717, 1.165) is 17.8 Å². The highest BCUT2D eigenvalue weighted by Crippen LogP contribution is 2.26. The van der Waals surface area contributed by atoms with Crippen molar-refractivity contribution in [2.45, 2.75) is 13.8 Å². The third kappa shape index (κ3) is 3.33. The number of amides is 1. The first-order valence-corrected chi connectivity index (χ1v) is 7.40. The zero-order valence-electron chi connectivity index (χ0n) is 10.8. The summed E-state index contributed by atoms with van der Waals surface area (Å²) in [5.74, 6) is 0.438. The van der Waals surface area contributed by atoms with Gasteiger partial charge >= 0.3 is 0 Å². The lowest BCUT2D eigenvalue weighted by molar-refractivity contribution is -0.115. The standard InChI is InChI=1S/C13H15N3OS2/c1-3-14-12(18)15-13-16(11(17)8-19-13)10-6-4-9(2)5-7-10/h4-7H,3,8H2,1-2H3,(H,14,18)/b15-13-. The van der Waals surface area contributed by atoms with E-state index in [-0.39, 0.29) is 5.91 Å². The second-order valence-corrected chi connectivity index (χ2v) is 5.41. The van der Waals surface area contributed by atoms with Crippen LogP contribution < -0.4 is 10.2 Å². The van der Waals surface area contributed by atoms with Gasteiger partial charge in [0.05, 0.1) is 11.4 Å². The Morgan fingerprint density at radius 2 is 2.16 bits per heavy atom. The van der Waals surface area contributed by atoms with E-state index in [0.29, 0.717) is 16.0 Å². The molecule has 1 aromatic rings. The summed E-state index contributed by atoms with van der Waals surface area (Å²) >= 11 is 6.51. The average molecular weight is 293 g/mol. The minimum atomic E-state index is 0.0342. The van der Waals surface area contributed by atoms with Gasteiger partial charge in [-0.15, -0.1) is 0 Å². The number of benzene rings is 1. The van der Waals surface area contributed by atoms with E-state index in [1.54, 1.807) is 4.90 Å². The van der Waals surface area contributed by atoms with Gasteiger partial charge in [-0.05, 0) is 38.2 Å². The van der Waals surface area contributed by atoms with Crippen molar-refractivity contribution in [1.82, 2.24) is 5.32 Å². The number of thiocarbonyl (C=S) groups is 1. The smallest absolute Gasteiger partial charge is 0.243 e. The molecule has 1 saturated heterocycles. The van der Waals surface area contributed by atoms with E-state index in [1.807, 2.05) is 38.1 Å².